The van der Waals surface area contributed by atoms with Crippen molar-refractivity contribution in [2.75, 3.05) is 26.2 Å². The van der Waals surface area contributed by atoms with Gasteiger partial charge in [-0.25, -0.2) is 0 Å². The average Bonchev–Trinajstić information content (AvgIpc) is 2.84. The Morgan fingerprint density at radius 2 is 2.05 bits per heavy atom. The second-order valence-electron chi connectivity index (χ2n) is 5.60. The normalized spacial score (nSPS) is 22.6. The maximum atomic E-state index is 12.7. The first-order valence-electron chi connectivity index (χ1n) is 7.24. The lowest BCUT2D eigenvalue weighted by Gasteiger charge is -2.32. The molecule has 0 saturated carbocycles. The minimum atomic E-state index is -0.311. The van der Waals surface area contributed by atoms with Gasteiger partial charge in [0.15, 0.2) is 0 Å². The lowest BCUT2D eigenvalue weighted by Crippen LogP contribution is -2.49. The molecule has 0 bridgehead atoms. The summed E-state index contributed by atoms with van der Waals surface area (Å²) in [7, 11) is 0. The van der Waals surface area contributed by atoms with Crippen LogP contribution in [0.25, 0.3) is 0 Å². The summed E-state index contributed by atoms with van der Waals surface area (Å²) in [5.41, 5.74) is -0.311. The number of hydrogen-bond acceptors (Lipinski definition) is 3. The highest BCUT2D eigenvalue weighted by Gasteiger charge is 2.41. The van der Waals surface area contributed by atoms with Crippen molar-refractivity contribution in [1.29, 1.82) is 0 Å². The predicted octanol–water partition coefficient (Wildman–Crippen LogP) is 0.749. The fourth-order valence-electron chi connectivity index (χ4n) is 2.58. The Hall–Kier alpha value is -1.10. The quantitative estimate of drug-likeness (QED) is 0.748. The summed E-state index contributed by atoms with van der Waals surface area (Å²) in [5, 5.41) is 6.10. The summed E-state index contributed by atoms with van der Waals surface area (Å²) in [5.74, 6) is 0.0313. The number of nitrogens with zero attached hydrogens (tertiary/aromatic N) is 1. The zero-order valence-corrected chi connectivity index (χ0v) is 12.6. The molecule has 5 heteroatoms. The van der Waals surface area contributed by atoms with E-state index in [0.717, 1.165) is 25.9 Å². The molecule has 110 valence electrons. The number of rotatable bonds is 6. The van der Waals surface area contributed by atoms with E-state index in [1.807, 2.05) is 27.7 Å². The largest absolute Gasteiger partial charge is 0.352 e. The van der Waals surface area contributed by atoms with Gasteiger partial charge in [-0.1, -0.05) is 6.92 Å². The second-order valence-corrected chi connectivity index (χ2v) is 5.60. The van der Waals surface area contributed by atoms with Gasteiger partial charge in [0.05, 0.1) is 12.0 Å². The van der Waals surface area contributed by atoms with Crippen LogP contribution in [-0.4, -0.2) is 48.9 Å². The third-order valence-corrected chi connectivity index (χ3v) is 3.83. The molecule has 0 aliphatic carbocycles. The minimum absolute atomic E-state index is 0.0811. The lowest BCUT2D eigenvalue weighted by atomic mass is 9.82. The van der Waals surface area contributed by atoms with E-state index >= 15 is 0 Å². The highest BCUT2D eigenvalue weighted by Crippen LogP contribution is 2.31. The molecule has 1 rings (SSSR count). The summed E-state index contributed by atoms with van der Waals surface area (Å²) in [6.45, 7) is 10.2. The summed E-state index contributed by atoms with van der Waals surface area (Å²) in [6.07, 6.45) is 1.69. The van der Waals surface area contributed by atoms with Crippen molar-refractivity contribution < 1.29 is 9.59 Å². The minimum Gasteiger partial charge on any atom is -0.352 e. The molecule has 2 amide bonds. The van der Waals surface area contributed by atoms with Crippen LogP contribution in [0, 0.1) is 5.41 Å². The van der Waals surface area contributed by atoms with E-state index in [0.29, 0.717) is 6.54 Å². The molecule has 0 radical (unpaired) electrons. The number of likely N-dealkylation sites (N-methyl/N-ethyl adjacent to an activating group) is 1. The Kier molecular flexibility index (Phi) is 5.79. The van der Waals surface area contributed by atoms with Crippen LogP contribution >= 0.6 is 0 Å². The van der Waals surface area contributed by atoms with Crippen LogP contribution in [-0.2, 0) is 9.59 Å². The third kappa shape index (κ3) is 3.93. The molecule has 5 nitrogen and oxygen atoms in total. The zero-order chi connectivity index (χ0) is 14.5. The van der Waals surface area contributed by atoms with Gasteiger partial charge in [-0.2, -0.15) is 0 Å². The Labute approximate surface area is 116 Å². The molecule has 2 N–H and O–H groups in total. The topological polar surface area (TPSA) is 61.4 Å². The third-order valence-electron chi connectivity index (χ3n) is 3.83. The van der Waals surface area contributed by atoms with Crippen molar-refractivity contribution >= 4 is 11.8 Å². The van der Waals surface area contributed by atoms with E-state index in [1.165, 1.54) is 0 Å². The highest BCUT2D eigenvalue weighted by molar-refractivity contribution is 5.88. The van der Waals surface area contributed by atoms with Gasteiger partial charge in [0.1, 0.15) is 0 Å². The van der Waals surface area contributed by atoms with Gasteiger partial charge in [0.2, 0.25) is 11.8 Å². The predicted molar refractivity (Wildman–Crippen MR) is 75.7 cm³/mol. The van der Waals surface area contributed by atoms with E-state index in [2.05, 4.69) is 10.6 Å². The molecule has 0 aromatic carbocycles. The number of carbonyl (C=O) groups is 2. The molecule has 1 fully saturated rings. The van der Waals surface area contributed by atoms with E-state index in [4.69, 9.17) is 0 Å². The summed E-state index contributed by atoms with van der Waals surface area (Å²) in [6, 6.07) is 0.106. The van der Waals surface area contributed by atoms with Gasteiger partial charge in [-0.3, -0.25) is 9.59 Å². The first kappa shape index (κ1) is 16.0. The fraction of sp³-hybridized carbons (Fsp3) is 0.857. The van der Waals surface area contributed by atoms with E-state index in [1.54, 1.807) is 4.90 Å². The molecule has 1 atom stereocenters. The van der Waals surface area contributed by atoms with Gasteiger partial charge in [0, 0.05) is 19.1 Å². The van der Waals surface area contributed by atoms with Crippen molar-refractivity contribution in [3.05, 3.63) is 0 Å². The zero-order valence-electron chi connectivity index (χ0n) is 12.6. The van der Waals surface area contributed by atoms with Crippen LogP contribution in [0.5, 0.6) is 0 Å². The van der Waals surface area contributed by atoms with Gasteiger partial charge in [0.25, 0.3) is 0 Å². The van der Waals surface area contributed by atoms with Gasteiger partial charge < -0.3 is 15.5 Å². The SMILES string of the molecule is CCN(CC(=O)NC(C)C)C(=O)C1(CC)CCNC1. The molecule has 19 heavy (non-hydrogen) atoms. The Morgan fingerprint density at radius 1 is 1.37 bits per heavy atom. The van der Waals surface area contributed by atoms with E-state index in [9.17, 15) is 9.59 Å². The van der Waals surface area contributed by atoms with Gasteiger partial charge >= 0.3 is 0 Å². The number of amides is 2. The Bertz CT molecular complexity index is 323. The number of carbonyl (C=O) groups excluding carboxylic acids is 2. The fourth-order valence-corrected chi connectivity index (χ4v) is 2.58. The van der Waals surface area contributed by atoms with Gasteiger partial charge in [-0.05, 0) is 40.2 Å². The van der Waals surface area contributed by atoms with Crippen LogP contribution in [0.15, 0.2) is 0 Å². The molecule has 1 saturated heterocycles. The van der Waals surface area contributed by atoms with E-state index < -0.39 is 0 Å². The van der Waals surface area contributed by atoms with Crippen molar-refractivity contribution in [3.8, 4) is 0 Å². The first-order valence-corrected chi connectivity index (χ1v) is 7.24. The lowest BCUT2D eigenvalue weighted by molar-refractivity contribution is -0.144. The first-order chi connectivity index (χ1) is 8.95. The molecular weight excluding hydrogens is 242 g/mol. The molecule has 0 aromatic heterocycles. The second kappa shape index (κ2) is 6.89. The molecule has 1 unspecified atom stereocenters. The summed E-state index contributed by atoms with van der Waals surface area (Å²) in [4.78, 5) is 26.1. The molecular formula is C14H27N3O2. The molecule has 1 heterocycles. The molecule has 1 aliphatic rings. The number of nitrogens with one attached hydrogen (secondary N) is 2. The van der Waals surface area contributed by atoms with Crippen molar-refractivity contribution in [2.45, 2.75) is 46.6 Å². The Balaban J connectivity index is 2.68. The molecule has 0 spiro atoms. The molecule has 0 aromatic rings. The maximum absolute atomic E-state index is 12.7. The van der Waals surface area contributed by atoms with Crippen molar-refractivity contribution in [3.63, 3.8) is 0 Å². The van der Waals surface area contributed by atoms with Crippen LogP contribution < -0.4 is 10.6 Å². The standard InChI is InChI=1S/C14H27N3O2/c1-5-14(7-8-15-10-14)13(19)17(6-2)9-12(18)16-11(3)4/h11,15H,5-10H2,1-4H3,(H,16,18). The van der Waals surface area contributed by atoms with Gasteiger partial charge in [-0.15, -0.1) is 0 Å². The Morgan fingerprint density at radius 3 is 2.47 bits per heavy atom. The van der Waals surface area contributed by atoms with Crippen LogP contribution in [0.1, 0.15) is 40.5 Å². The monoisotopic (exact) mass is 269 g/mol. The van der Waals surface area contributed by atoms with Crippen LogP contribution in [0.3, 0.4) is 0 Å². The van der Waals surface area contributed by atoms with E-state index in [-0.39, 0.29) is 29.8 Å². The number of hydrogen-bond donors (Lipinski definition) is 2. The van der Waals surface area contributed by atoms with Crippen LogP contribution in [0.4, 0.5) is 0 Å². The maximum Gasteiger partial charge on any atom is 0.239 e. The summed E-state index contributed by atoms with van der Waals surface area (Å²) < 4.78 is 0. The average molecular weight is 269 g/mol. The van der Waals surface area contributed by atoms with Crippen LogP contribution in [0.2, 0.25) is 0 Å². The summed E-state index contributed by atoms with van der Waals surface area (Å²) >= 11 is 0. The van der Waals surface area contributed by atoms with Crippen molar-refractivity contribution in [2.24, 2.45) is 5.41 Å². The highest BCUT2D eigenvalue weighted by atomic mass is 16.2. The van der Waals surface area contributed by atoms with Crippen molar-refractivity contribution in [1.82, 2.24) is 15.5 Å². The molecule has 1 aliphatic heterocycles. The smallest absolute Gasteiger partial charge is 0.239 e.